The second-order valence-electron chi connectivity index (χ2n) is 3.90. The number of nitrogens with zero attached hydrogens (tertiary/aromatic N) is 1. The van der Waals surface area contributed by atoms with Crippen LogP contribution < -0.4 is 0 Å². The van der Waals surface area contributed by atoms with Gasteiger partial charge in [0.05, 0.1) is 17.2 Å². The summed E-state index contributed by atoms with van der Waals surface area (Å²) in [5.41, 5.74) is 0.280. The molecule has 108 valence electrons. The molecule has 0 saturated carbocycles. The maximum absolute atomic E-state index is 12.3. The van der Waals surface area contributed by atoms with Crippen molar-refractivity contribution in [1.82, 2.24) is 4.90 Å². The molecule has 1 aromatic rings. The summed E-state index contributed by atoms with van der Waals surface area (Å²) in [4.78, 5) is 25.2. The molecule has 4 nitrogen and oxygen atoms in total. The van der Waals surface area contributed by atoms with Crippen LogP contribution in [-0.2, 0) is 9.53 Å². The predicted molar refractivity (Wildman–Crippen MR) is 79.2 cm³/mol. The van der Waals surface area contributed by atoms with E-state index in [1.165, 1.54) is 23.1 Å². The lowest BCUT2D eigenvalue weighted by Gasteiger charge is -2.20. The van der Waals surface area contributed by atoms with Gasteiger partial charge < -0.3 is 9.64 Å². The van der Waals surface area contributed by atoms with Gasteiger partial charge >= 0.3 is 5.97 Å². The van der Waals surface area contributed by atoms with E-state index in [0.717, 1.165) is 0 Å². The van der Waals surface area contributed by atoms with Crippen LogP contribution in [0.2, 0.25) is 10.0 Å². The summed E-state index contributed by atoms with van der Waals surface area (Å²) in [5, 5.41) is 0.674. The van der Waals surface area contributed by atoms with Gasteiger partial charge in [-0.25, -0.2) is 0 Å². The number of carbonyl (C=O) groups is 2. The van der Waals surface area contributed by atoms with Crippen LogP contribution in [0, 0.1) is 0 Å². The van der Waals surface area contributed by atoms with Gasteiger partial charge in [-0.3, -0.25) is 9.59 Å². The van der Waals surface area contributed by atoms with Gasteiger partial charge in [0.1, 0.15) is 6.54 Å². The fraction of sp³-hybridized carbons (Fsp3) is 0.286. The minimum absolute atomic E-state index is 0.155. The highest BCUT2D eigenvalue weighted by molar-refractivity contribution is 6.36. The zero-order valence-electron chi connectivity index (χ0n) is 11.1. The second kappa shape index (κ2) is 7.92. The summed E-state index contributed by atoms with van der Waals surface area (Å²) in [6, 6.07) is 4.57. The van der Waals surface area contributed by atoms with Crippen molar-refractivity contribution >= 4 is 35.1 Å². The fourth-order valence-corrected chi connectivity index (χ4v) is 2.06. The summed E-state index contributed by atoms with van der Waals surface area (Å²) in [7, 11) is 0. The molecule has 0 aliphatic rings. The first kappa shape index (κ1) is 16.5. The van der Waals surface area contributed by atoms with Crippen LogP contribution in [0.3, 0.4) is 0 Å². The van der Waals surface area contributed by atoms with Crippen molar-refractivity contribution in [1.29, 1.82) is 0 Å². The number of carbonyl (C=O) groups excluding carboxylic acids is 2. The molecule has 0 aromatic heterocycles. The van der Waals surface area contributed by atoms with Crippen LogP contribution >= 0.6 is 23.2 Å². The quantitative estimate of drug-likeness (QED) is 0.598. The van der Waals surface area contributed by atoms with E-state index >= 15 is 0 Å². The summed E-state index contributed by atoms with van der Waals surface area (Å²) in [5.74, 6) is -0.854. The predicted octanol–water partition coefficient (Wildman–Crippen LogP) is 3.18. The first-order chi connectivity index (χ1) is 9.49. The molecule has 6 heteroatoms. The average Bonchev–Trinajstić information content (AvgIpc) is 2.38. The van der Waals surface area contributed by atoms with Gasteiger partial charge in [-0.1, -0.05) is 29.3 Å². The highest BCUT2D eigenvalue weighted by Gasteiger charge is 2.20. The molecule has 0 unspecified atom stereocenters. The van der Waals surface area contributed by atoms with Crippen LogP contribution in [0.15, 0.2) is 30.9 Å². The molecule has 1 rings (SSSR count). The number of esters is 1. The van der Waals surface area contributed by atoms with E-state index in [9.17, 15) is 9.59 Å². The Morgan fingerprint density at radius 2 is 2.10 bits per heavy atom. The van der Waals surface area contributed by atoms with Crippen molar-refractivity contribution in [2.24, 2.45) is 0 Å². The first-order valence-electron chi connectivity index (χ1n) is 6.00. The maximum Gasteiger partial charge on any atom is 0.325 e. The molecule has 0 bridgehead atoms. The van der Waals surface area contributed by atoms with Gasteiger partial charge in [-0.15, -0.1) is 6.58 Å². The van der Waals surface area contributed by atoms with E-state index in [0.29, 0.717) is 5.02 Å². The normalized spacial score (nSPS) is 9.95. The molecule has 0 spiro atoms. The number of benzene rings is 1. The molecule has 0 fully saturated rings. The Bertz CT molecular complexity index is 517. The largest absolute Gasteiger partial charge is 0.465 e. The van der Waals surface area contributed by atoms with Crippen LogP contribution in [0.4, 0.5) is 0 Å². The van der Waals surface area contributed by atoms with E-state index < -0.39 is 5.97 Å². The molecule has 20 heavy (non-hydrogen) atoms. The summed E-state index contributed by atoms with van der Waals surface area (Å²) >= 11 is 11.8. The van der Waals surface area contributed by atoms with Crippen molar-refractivity contribution in [2.45, 2.75) is 6.92 Å². The summed E-state index contributed by atoms with van der Waals surface area (Å²) in [6.45, 7) is 5.59. The lowest BCUT2D eigenvalue weighted by Crippen LogP contribution is -2.36. The topological polar surface area (TPSA) is 46.6 Å². The van der Waals surface area contributed by atoms with Crippen LogP contribution in [-0.4, -0.2) is 36.5 Å². The van der Waals surface area contributed by atoms with Crippen molar-refractivity contribution < 1.29 is 14.3 Å². The van der Waals surface area contributed by atoms with Crippen molar-refractivity contribution in [3.8, 4) is 0 Å². The van der Waals surface area contributed by atoms with E-state index in [2.05, 4.69) is 6.58 Å². The zero-order chi connectivity index (χ0) is 15.1. The standard InChI is InChI=1S/C14H15Cl2NO3/c1-3-7-17(9-13(18)20-4-2)14(19)11-6-5-10(15)8-12(11)16/h3,5-6,8H,1,4,7,9H2,2H3. The fourth-order valence-electron chi connectivity index (χ4n) is 1.57. The minimum Gasteiger partial charge on any atom is -0.465 e. The molecule has 0 radical (unpaired) electrons. The van der Waals surface area contributed by atoms with Gasteiger partial charge in [-0.2, -0.15) is 0 Å². The molecule has 0 saturated heterocycles. The van der Waals surface area contributed by atoms with Crippen LogP contribution in [0.25, 0.3) is 0 Å². The van der Waals surface area contributed by atoms with E-state index in [4.69, 9.17) is 27.9 Å². The summed E-state index contributed by atoms with van der Waals surface area (Å²) < 4.78 is 4.83. The van der Waals surface area contributed by atoms with Crippen molar-refractivity contribution in [3.05, 3.63) is 46.5 Å². The van der Waals surface area contributed by atoms with Crippen LogP contribution in [0.5, 0.6) is 0 Å². The zero-order valence-corrected chi connectivity index (χ0v) is 12.6. The highest BCUT2D eigenvalue weighted by atomic mass is 35.5. The van der Waals surface area contributed by atoms with Crippen LogP contribution in [0.1, 0.15) is 17.3 Å². The Morgan fingerprint density at radius 3 is 2.65 bits per heavy atom. The van der Waals surface area contributed by atoms with E-state index in [1.807, 2.05) is 0 Å². The van der Waals surface area contributed by atoms with E-state index in [1.54, 1.807) is 13.0 Å². The van der Waals surface area contributed by atoms with Gasteiger partial charge in [0, 0.05) is 11.6 Å². The van der Waals surface area contributed by atoms with E-state index in [-0.39, 0.29) is 36.2 Å². The first-order valence-corrected chi connectivity index (χ1v) is 6.76. The number of ether oxygens (including phenoxy) is 1. The summed E-state index contributed by atoms with van der Waals surface area (Å²) in [6.07, 6.45) is 1.53. The van der Waals surface area contributed by atoms with Gasteiger partial charge in [-0.05, 0) is 25.1 Å². The third-order valence-corrected chi connectivity index (χ3v) is 2.97. The Labute approximate surface area is 127 Å². The number of rotatable bonds is 6. The van der Waals surface area contributed by atoms with Gasteiger partial charge in [0.25, 0.3) is 5.91 Å². The number of amides is 1. The monoisotopic (exact) mass is 315 g/mol. The SMILES string of the molecule is C=CCN(CC(=O)OCC)C(=O)c1ccc(Cl)cc1Cl. The Hall–Kier alpha value is -1.52. The maximum atomic E-state index is 12.3. The molecule has 1 amide bonds. The lowest BCUT2D eigenvalue weighted by atomic mass is 10.2. The Morgan fingerprint density at radius 1 is 1.40 bits per heavy atom. The molecule has 0 aliphatic carbocycles. The Kier molecular flexibility index (Phi) is 6.55. The molecule has 1 aromatic carbocycles. The number of halogens is 2. The third kappa shape index (κ3) is 4.54. The third-order valence-electron chi connectivity index (χ3n) is 2.42. The lowest BCUT2D eigenvalue weighted by molar-refractivity contribution is -0.143. The smallest absolute Gasteiger partial charge is 0.325 e. The molecule has 0 N–H and O–H groups in total. The molecule has 0 aliphatic heterocycles. The van der Waals surface area contributed by atoms with Crippen molar-refractivity contribution in [2.75, 3.05) is 19.7 Å². The number of hydrogen-bond acceptors (Lipinski definition) is 3. The van der Waals surface area contributed by atoms with Gasteiger partial charge in [0.15, 0.2) is 0 Å². The minimum atomic E-state index is -0.479. The molecule has 0 atom stereocenters. The number of hydrogen-bond donors (Lipinski definition) is 0. The second-order valence-corrected chi connectivity index (χ2v) is 4.75. The van der Waals surface area contributed by atoms with Crippen molar-refractivity contribution in [3.63, 3.8) is 0 Å². The highest BCUT2D eigenvalue weighted by Crippen LogP contribution is 2.22. The molecule has 0 heterocycles. The Balaban J connectivity index is 2.93. The van der Waals surface area contributed by atoms with Gasteiger partial charge in [0.2, 0.25) is 0 Å². The molecular formula is C14H15Cl2NO3. The average molecular weight is 316 g/mol. The molecular weight excluding hydrogens is 301 g/mol.